The van der Waals surface area contributed by atoms with E-state index < -0.39 is 0 Å². The van der Waals surface area contributed by atoms with E-state index in [2.05, 4.69) is 32.5 Å². The molecule has 6 nitrogen and oxygen atoms in total. The van der Waals surface area contributed by atoms with Crippen LogP contribution in [0.1, 0.15) is 17.2 Å². The second kappa shape index (κ2) is 9.52. The summed E-state index contributed by atoms with van der Waals surface area (Å²) in [6.45, 7) is 2.53. The Morgan fingerprint density at radius 3 is 2.54 bits per heavy atom. The molecule has 0 saturated carbocycles. The van der Waals surface area contributed by atoms with Gasteiger partial charge in [0.1, 0.15) is 0 Å². The Morgan fingerprint density at radius 1 is 1.11 bits per heavy atom. The van der Waals surface area contributed by atoms with E-state index in [9.17, 15) is 4.79 Å². The number of nitrogens with one attached hydrogen (secondary N) is 1. The van der Waals surface area contributed by atoms with Crippen LogP contribution in [0.4, 0.5) is 0 Å². The molecule has 1 N–H and O–H groups in total. The van der Waals surface area contributed by atoms with Crippen molar-refractivity contribution in [1.29, 1.82) is 0 Å². The third-order valence-corrected chi connectivity index (χ3v) is 5.23. The standard InChI is InChI=1S/C21H24N4O2S/c1-15-9-7-8-12-17(15)20-23-24-21(27-20)28-14-19(26)22-13-18(25(2)3)16-10-5-4-6-11-16/h4-12,18H,13-14H2,1-3H3,(H,22,26)/t18-/m1/s1. The maximum atomic E-state index is 12.3. The van der Waals surface area contributed by atoms with Crippen molar-refractivity contribution in [1.82, 2.24) is 20.4 Å². The normalized spacial score (nSPS) is 12.1. The molecule has 0 unspecified atom stereocenters. The fraction of sp³-hybridized carbons (Fsp3) is 0.286. The Labute approximate surface area is 169 Å². The van der Waals surface area contributed by atoms with Gasteiger partial charge in [-0.15, -0.1) is 10.2 Å². The molecule has 146 valence electrons. The third-order valence-electron chi connectivity index (χ3n) is 4.41. The molecule has 3 rings (SSSR count). The van der Waals surface area contributed by atoms with E-state index in [1.54, 1.807) is 0 Å². The number of rotatable bonds is 8. The number of hydrogen-bond donors (Lipinski definition) is 1. The average Bonchev–Trinajstić information content (AvgIpc) is 3.16. The highest BCUT2D eigenvalue weighted by atomic mass is 32.2. The average molecular weight is 397 g/mol. The Kier molecular flexibility index (Phi) is 6.84. The van der Waals surface area contributed by atoms with Crippen LogP contribution in [0.2, 0.25) is 0 Å². The van der Waals surface area contributed by atoms with E-state index in [-0.39, 0.29) is 17.7 Å². The summed E-state index contributed by atoms with van der Waals surface area (Å²) in [5, 5.41) is 11.5. The third kappa shape index (κ3) is 5.21. The Morgan fingerprint density at radius 2 is 1.82 bits per heavy atom. The highest BCUT2D eigenvalue weighted by molar-refractivity contribution is 7.99. The van der Waals surface area contributed by atoms with Crippen LogP contribution in [0.5, 0.6) is 0 Å². The molecule has 0 spiro atoms. The minimum Gasteiger partial charge on any atom is -0.411 e. The zero-order chi connectivity index (χ0) is 19.9. The van der Waals surface area contributed by atoms with Crippen LogP contribution >= 0.6 is 11.8 Å². The molecule has 0 saturated heterocycles. The highest BCUT2D eigenvalue weighted by Crippen LogP contribution is 2.25. The molecule has 28 heavy (non-hydrogen) atoms. The SMILES string of the molecule is Cc1ccccc1-c1nnc(SCC(=O)NC[C@H](c2ccccc2)N(C)C)o1. The molecule has 7 heteroatoms. The summed E-state index contributed by atoms with van der Waals surface area (Å²) in [5.41, 5.74) is 3.14. The molecule has 1 amide bonds. The first kappa shape index (κ1) is 20.1. The number of hydrogen-bond acceptors (Lipinski definition) is 6. The van der Waals surface area contributed by atoms with Crippen molar-refractivity contribution < 1.29 is 9.21 Å². The Hall–Kier alpha value is -2.64. The van der Waals surface area contributed by atoms with Crippen LogP contribution in [0, 0.1) is 6.92 Å². The van der Waals surface area contributed by atoms with Crippen molar-refractivity contribution in [2.45, 2.75) is 18.2 Å². The number of carbonyl (C=O) groups is 1. The molecule has 1 atom stereocenters. The summed E-state index contributed by atoms with van der Waals surface area (Å²) >= 11 is 1.24. The summed E-state index contributed by atoms with van der Waals surface area (Å²) in [7, 11) is 4.01. The van der Waals surface area contributed by atoms with E-state index in [0.717, 1.165) is 11.1 Å². The van der Waals surface area contributed by atoms with Gasteiger partial charge in [0.15, 0.2) is 0 Å². The first-order chi connectivity index (χ1) is 13.5. The summed E-state index contributed by atoms with van der Waals surface area (Å²) in [6.07, 6.45) is 0. The molecule has 2 aromatic carbocycles. The van der Waals surface area contributed by atoms with E-state index >= 15 is 0 Å². The number of amides is 1. The van der Waals surface area contributed by atoms with Crippen LogP contribution < -0.4 is 5.32 Å². The molecule has 0 aliphatic heterocycles. The topological polar surface area (TPSA) is 71.3 Å². The Balaban J connectivity index is 1.53. The Bertz CT molecular complexity index is 912. The van der Waals surface area contributed by atoms with E-state index in [1.807, 2.05) is 63.5 Å². The molecule has 1 heterocycles. The van der Waals surface area contributed by atoms with Gasteiger partial charge in [-0.3, -0.25) is 4.79 Å². The van der Waals surface area contributed by atoms with Gasteiger partial charge in [-0.25, -0.2) is 0 Å². The fourth-order valence-corrected chi connectivity index (χ4v) is 3.45. The minimum atomic E-state index is -0.0663. The van der Waals surface area contributed by atoms with E-state index in [4.69, 9.17) is 4.42 Å². The number of nitrogens with zero attached hydrogens (tertiary/aromatic N) is 3. The molecule has 0 fully saturated rings. The van der Waals surface area contributed by atoms with Crippen molar-refractivity contribution in [3.8, 4) is 11.5 Å². The van der Waals surface area contributed by atoms with Crippen molar-refractivity contribution in [3.05, 3.63) is 65.7 Å². The van der Waals surface area contributed by atoms with Crippen LogP contribution in [0.15, 0.2) is 64.2 Å². The lowest BCUT2D eigenvalue weighted by atomic mass is 10.1. The zero-order valence-corrected chi connectivity index (χ0v) is 17.1. The van der Waals surface area contributed by atoms with Gasteiger partial charge in [0.25, 0.3) is 5.22 Å². The van der Waals surface area contributed by atoms with Gasteiger partial charge in [0, 0.05) is 12.1 Å². The van der Waals surface area contributed by atoms with Crippen molar-refractivity contribution >= 4 is 17.7 Å². The number of aryl methyl sites for hydroxylation is 1. The fourth-order valence-electron chi connectivity index (χ4n) is 2.85. The molecule has 3 aromatic rings. The second-order valence-electron chi connectivity index (χ2n) is 6.67. The maximum Gasteiger partial charge on any atom is 0.277 e. The molecule has 0 aliphatic carbocycles. The van der Waals surface area contributed by atoms with Gasteiger partial charge in [-0.1, -0.05) is 60.3 Å². The van der Waals surface area contributed by atoms with Crippen LogP contribution in [-0.2, 0) is 4.79 Å². The van der Waals surface area contributed by atoms with Crippen LogP contribution in [-0.4, -0.2) is 47.4 Å². The minimum absolute atomic E-state index is 0.0663. The maximum absolute atomic E-state index is 12.3. The van der Waals surface area contributed by atoms with Gasteiger partial charge >= 0.3 is 0 Å². The number of carbonyl (C=O) groups excluding carboxylic acids is 1. The largest absolute Gasteiger partial charge is 0.411 e. The van der Waals surface area contributed by atoms with Crippen LogP contribution in [0.25, 0.3) is 11.5 Å². The van der Waals surface area contributed by atoms with Crippen molar-refractivity contribution in [2.24, 2.45) is 0 Å². The summed E-state index contributed by atoms with van der Waals surface area (Å²) in [5.74, 6) is 0.630. The molecule has 0 radical (unpaired) electrons. The lowest BCUT2D eigenvalue weighted by molar-refractivity contribution is -0.118. The molecular weight excluding hydrogens is 372 g/mol. The summed E-state index contributed by atoms with van der Waals surface area (Å²) in [4.78, 5) is 14.4. The van der Waals surface area contributed by atoms with Crippen LogP contribution in [0.3, 0.4) is 0 Å². The lowest BCUT2D eigenvalue weighted by Gasteiger charge is -2.25. The number of thioether (sulfide) groups is 1. The summed E-state index contributed by atoms with van der Waals surface area (Å²) < 4.78 is 5.69. The number of aromatic nitrogens is 2. The highest BCUT2D eigenvalue weighted by Gasteiger charge is 2.16. The molecule has 0 aliphatic rings. The second-order valence-corrected chi connectivity index (χ2v) is 7.60. The zero-order valence-electron chi connectivity index (χ0n) is 16.3. The smallest absolute Gasteiger partial charge is 0.277 e. The van der Waals surface area contributed by atoms with Gasteiger partial charge < -0.3 is 14.6 Å². The molecule has 0 bridgehead atoms. The van der Waals surface area contributed by atoms with Crippen molar-refractivity contribution in [3.63, 3.8) is 0 Å². The summed E-state index contributed by atoms with van der Waals surface area (Å²) in [6, 6.07) is 18.1. The predicted octanol–water partition coefficient (Wildman–Crippen LogP) is 3.56. The first-order valence-electron chi connectivity index (χ1n) is 9.05. The molecule has 1 aromatic heterocycles. The quantitative estimate of drug-likeness (QED) is 0.587. The van der Waals surface area contributed by atoms with Crippen molar-refractivity contribution in [2.75, 3.05) is 26.4 Å². The van der Waals surface area contributed by atoms with Gasteiger partial charge in [-0.05, 0) is 38.2 Å². The monoisotopic (exact) mass is 396 g/mol. The lowest BCUT2D eigenvalue weighted by Crippen LogP contribution is -2.35. The predicted molar refractivity (Wildman–Crippen MR) is 111 cm³/mol. The van der Waals surface area contributed by atoms with Gasteiger partial charge in [-0.2, -0.15) is 0 Å². The van der Waals surface area contributed by atoms with E-state index in [0.29, 0.717) is 17.7 Å². The van der Waals surface area contributed by atoms with Gasteiger partial charge in [0.05, 0.1) is 11.8 Å². The number of likely N-dealkylation sites (N-methyl/N-ethyl adjacent to an activating group) is 1. The first-order valence-corrected chi connectivity index (χ1v) is 10.0. The molecular formula is C21H24N4O2S. The van der Waals surface area contributed by atoms with E-state index in [1.165, 1.54) is 17.3 Å². The number of benzene rings is 2. The van der Waals surface area contributed by atoms with Gasteiger partial charge in [0.2, 0.25) is 11.8 Å².